The predicted molar refractivity (Wildman–Crippen MR) is 103 cm³/mol. The number of aryl methyl sites for hydroxylation is 2. The first-order valence-corrected chi connectivity index (χ1v) is 8.95. The van der Waals surface area contributed by atoms with Crippen molar-refractivity contribution in [2.24, 2.45) is 0 Å². The molecule has 2 heterocycles. The minimum absolute atomic E-state index is 0.155. The van der Waals surface area contributed by atoms with Crippen molar-refractivity contribution in [1.29, 1.82) is 0 Å². The van der Waals surface area contributed by atoms with Crippen LogP contribution in [-0.4, -0.2) is 44.8 Å². The van der Waals surface area contributed by atoms with Gasteiger partial charge in [0.25, 0.3) is 5.91 Å². The minimum atomic E-state index is -0.712. The van der Waals surface area contributed by atoms with Gasteiger partial charge in [0, 0.05) is 30.5 Å². The Morgan fingerprint density at radius 1 is 1.14 bits per heavy atom. The number of hydrogen-bond donors (Lipinski definition) is 1. The maximum Gasteiger partial charge on any atom is 0.342 e. The number of nitrogens with one attached hydrogen (secondary N) is 1. The summed E-state index contributed by atoms with van der Waals surface area (Å²) in [6.45, 7) is 5.74. The highest BCUT2D eigenvalue weighted by Crippen LogP contribution is 2.19. The number of morpholine rings is 1. The van der Waals surface area contributed by atoms with E-state index in [0.29, 0.717) is 24.5 Å². The van der Waals surface area contributed by atoms with E-state index in [2.05, 4.69) is 10.2 Å². The molecule has 1 aromatic heterocycles. The Morgan fingerprint density at radius 2 is 1.82 bits per heavy atom. The molecule has 1 amide bonds. The molecule has 1 N–H and O–H groups in total. The molecule has 0 atom stereocenters. The summed E-state index contributed by atoms with van der Waals surface area (Å²) in [5.41, 5.74) is 1.73. The van der Waals surface area contributed by atoms with Crippen LogP contribution in [0.15, 0.2) is 39.5 Å². The van der Waals surface area contributed by atoms with Gasteiger partial charge in [-0.15, -0.1) is 0 Å². The standard InChI is InChI=1S/C20H22N2O6/c1-13-11-18(24)28-14(2)19(13)20(25)27-12-17(23)21-15-3-5-16(6-4-15)22-7-9-26-10-8-22/h3-6,11H,7-10,12H2,1-2H3,(H,21,23). The number of anilines is 2. The van der Waals surface area contributed by atoms with Gasteiger partial charge in [-0.05, 0) is 43.7 Å². The molecule has 0 unspecified atom stereocenters. The molecule has 3 rings (SSSR count). The highest BCUT2D eigenvalue weighted by atomic mass is 16.5. The van der Waals surface area contributed by atoms with Gasteiger partial charge < -0.3 is 24.1 Å². The van der Waals surface area contributed by atoms with Gasteiger partial charge in [-0.3, -0.25) is 4.79 Å². The first-order valence-electron chi connectivity index (χ1n) is 8.95. The molecule has 0 spiro atoms. The molecular formula is C20H22N2O6. The Morgan fingerprint density at radius 3 is 2.46 bits per heavy atom. The van der Waals surface area contributed by atoms with E-state index in [1.54, 1.807) is 19.1 Å². The number of esters is 1. The Balaban J connectivity index is 1.54. The number of benzene rings is 1. The van der Waals surface area contributed by atoms with Crippen molar-refractivity contribution in [3.8, 4) is 0 Å². The van der Waals surface area contributed by atoms with E-state index in [0.717, 1.165) is 18.8 Å². The lowest BCUT2D eigenvalue weighted by Gasteiger charge is -2.28. The molecule has 8 nitrogen and oxygen atoms in total. The van der Waals surface area contributed by atoms with Gasteiger partial charge in [0.15, 0.2) is 6.61 Å². The fraction of sp³-hybridized carbons (Fsp3) is 0.350. The lowest BCUT2D eigenvalue weighted by atomic mass is 10.1. The monoisotopic (exact) mass is 386 g/mol. The number of ether oxygens (including phenoxy) is 2. The third kappa shape index (κ3) is 4.77. The number of carbonyl (C=O) groups is 2. The van der Waals surface area contributed by atoms with Crippen molar-refractivity contribution in [3.63, 3.8) is 0 Å². The molecule has 0 aliphatic carbocycles. The number of nitrogens with zero attached hydrogens (tertiary/aromatic N) is 1. The second kappa shape index (κ2) is 8.71. The number of carbonyl (C=O) groups excluding carboxylic acids is 2. The molecule has 148 valence electrons. The maximum atomic E-state index is 12.2. The van der Waals surface area contributed by atoms with Crippen LogP contribution >= 0.6 is 0 Å². The average Bonchev–Trinajstić information content (AvgIpc) is 2.67. The quantitative estimate of drug-likeness (QED) is 0.784. The second-order valence-corrected chi connectivity index (χ2v) is 6.45. The van der Waals surface area contributed by atoms with Crippen LogP contribution in [0.5, 0.6) is 0 Å². The van der Waals surface area contributed by atoms with Crippen LogP contribution in [0.4, 0.5) is 11.4 Å². The van der Waals surface area contributed by atoms with Crippen molar-refractivity contribution in [1.82, 2.24) is 0 Å². The molecule has 1 aromatic carbocycles. The summed E-state index contributed by atoms with van der Waals surface area (Å²) in [6, 6.07) is 8.65. The van der Waals surface area contributed by atoms with E-state index in [1.807, 2.05) is 12.1 Å². The highest BCUT2D eigenvalue weighted by molar-refractivity contribution is 5.96. The van der Waals surface area contributed by atoms with Gasteiger partial charge >= 0.3 is 11.6 Å². The van der Waals surface area contributed by atoms with E-state index >= 15 is 0 Å². The molecule has 2 aromatic rings. The summed E-state index contributed by atoms with van der Waals surface area (Å²) in [7, 11) is 0. The van der Waals surface area contributed by atoms with Gasteiger partial charge in [0.1, 0.15) is 11.3 Å². The van der Waals surface area contributed by atoms with Gasteiger partial charge in [0.05, 0.1) is 13.2 Å². The lowest BCUT2D eigenvalue weighted by molar-refractivity contribution is -0.119. The second-order valence-electron chi connectivity index (χ2n) is 6.45. The molecule has 0 radical (unpaired) electrons. The third-order valence-electron chi connectivity index (χ3n) is 4.40. The van der Waals surface area contributed by atoms with Crippen LogP contribution in [0.2, 0.25) is 0 Å². The summed E-state index contributed by atoms with van der Waals surface area (Å²) in [5.74, 6) is -1.01. The summed E-state index contributed by atoms with van der Waals surface area (Å²) in [5, 5.41) is 2.68. The fourth-order valence-corrected chi connectivity index (χ4v) is 3.04. The first kappa shape index (κ1) is 19.6. The van der Waals surface area contributed by atoms with Crippen LogP contribution in [0.3, 0.4) is 0 Å². The molecule has 28 heavy (non-hydrogen) atoms. The predicted octanol–water partition coefficient (Wildman–Crippen LogP) is 1.89. The lowest BCUT2D eigenvalue weighted by Crippen LogP contribution is -2.36. The molecular weight excluding hydrogens is 364 g/mol. The Kier molecular flexibility index (Phi) is 6.10. The van der Waals surface area contributed by atoms with Crippen molar-refractivity contribution < 1.29 is 23.5 Å². The van der Waals surface area contributed by atoms with Crippen molar-refractivity contribution >= 4 is 23.3 Å². The molecule has 1 saturated heterocycles. The van der Waals surface area contributed by atoms with Crippen molar-refractivity contribution in [2.75, 3.05) is 43.1 Å². The van der Waals surface area contributed by atoms with Gasteiger partial charge in [-0.2, -0.15) is 0 Å². The van der Waals surface area contributed by atoms with Crippen molar-refractivity contribution in [2.45, 2.75) is 13.8 Å². The zero-order valence-corrected chi connectivity index (χ0v) is 15.8. The van der Waals surface area contributed by atoms with Gasteiger partial charge in [-0.1, -0.05) is 0 Å². The van der Waals surface area contributed by atoms with E-state index in [4.69, 9.17) is 13.9 Å². The Hall–Kier alpha value is -3.13. The molecule has 8 heteroatoms. The highest BCUT2D eigenvalue weighted by Gasteiger charge is 2.18. The number of amides is 1. The molecule has 1 aliphatic heterocycles. The maximum absolute atomic E-state index is 12.2. The molecule has 1 fully saturated rings. The SMILES string of the molecule is Cc1cc(=O)oc(C)c1C(=O)OCC(=O)Nc1ccc(N2CCOCC2)cc1. The van der Waals surface area contributed by atoms with Crippen molar-refractivity contribution in [3.05, 3.63) is 57.6 Å². The number of rotatable bonds is 5. The Labute approximate surface area is 162 Å². The van der Waals surface area contributed by atoms with Gasteiger partial charge in [0.2, 0.25) is 0 Å². The van der Waals surface area contributed by atoms with E-state index < -0.39 is 24.1 Å². The van der Waals surface area contributed by atoms with Crippen LogP contribution in [0.1, 0.15) is 21.7 Å². The van der Waals surface area contributed by atoms with Crippen LogP contribution in [0, 0.1) is 13.8 Å². The average molecular weight is 386 g/mol. The van der Waals surface area contributed by atoms with E-state index in [1.165, 1.54) is 13.0 Å². The summed E-state index contributed by atoms with van der Waals surface area (Å²) in [4.78, 5) is 37.8. The molecule has 0 saturated carbocycles. The zero-order valence-electron chi connectivity index (χ0n) is 15.8. The normalized spacial score (nSPS) is 13.9. The topological polar surface area (TPSA) is 98.1 Å². The Bertz CT molecular complexity index is 887. The van der Waals surface area contributed by atoms with Gasteiger partial charge in [-0.25, -0.2) is 9.59 Å². The smallest absolute Gasteiger partial charge is 0.342 e. The molecule has 0 bridgehead atoms. The van der Waals surface area contributed by atoms with E-state index in [-0.39, 0.29) is 11.3 Å². The first-order chi connectivity index (χ1) is 13.4. The van der Waals surface area contributed by atoms with E-state index in [9.17, 15) is 14.4 Å². The summed E-state index contributed by atoms with van der Waals surface area (Å²) < 4.78 is 15.3. The summed E-state index contributed by atoms with van der Waals surface area (Å²) in [6.07, 6.45) is 0. The fourth-order valence-electron chi connectivity index (χ4n) is 3.04. The number of hydrogen-bond acceptors (Lipinski definition) is 7. The third-order valence-corrected chi connectivity index (χ3v) is 4.40. The summed E-state index contributed by atoms with van der Waals surface area (Å²) >= 11 is 0. The molecule has 1 aliphatic rings. The van der Waals surface area contributed by atoms with Crippen LogP contribution in [-0.2, 0) is 14.3 Å². The van der Waals surface area contributed by atoms with Crippen LogP contribution in [0.25, 0.3) is 0 Å². The largest absolute Gasteiger partial charge is 0.452 e. The minimum Gasteiger partial charge on any atom is -0.452 e. The van der Waals surface area contributed by atoms with Crippen LogP contribution < -0.4 is 15.8 Å². The zero-order chi connectivity index (χ0) is 20.1.